The molecular formula is C25H29N5O3. The summed E-state index contributed by atoms with van der Waals surface area (Å²) in [6.45, 7) is 5.87. The Bertz CT molecular complexity index is 1230. The Hall–Kier alpha value is -3.65. The highest BCUT2D eigenvalue weighted by molar-refractivity contribution is 6.06. The fourth-order valence-corrected chi connectivity index (χ4v) is 3.50. The lowest BCUT2D eigenvalue weighted by Gasteiger charge is -2.12. The van der Waals surface area contributed by atoms with E-state index >= 15 is 0 Å². The van der Waals surface area contributed by atoms with Gasteiger partial charge in [-0.25, -0.2) is 9.67 Å². The van der Waals surface area contributed by atoms with Crippen molar-refractivity contribution in [2.45, 2.75) is 26.4 Å². The second-order valence-corrected chi connectivity index (χ2v) is 8.43. The average molecular weight is 448 g/mol. The summed E-state index contributed by atoms with van der Waals surface area (Å²) in [5.41, 5.74) is 2.72. The molecule has 33 heavy (non-hydrogen) atoms. The van der Waals surface area contributed by atoms with E-state index in [0.717, 1.165) is 17.9 Å². The van der Waals surface area contributed by atoms with E-state index in [1.807, 2.05) is 63.0 Å². The predicted molar refractivity (Wildman–Crippen MR) is 127 cm³/mol. The summed E-state index contributed by atoms with van der Waals surface area (Å²) in [5.74, 6) is 1.19. The van der Waals surface area contributed by atoms with Gasteiger partial charge < -0.3 is 19.4 Å². The molecule has 8 nitrogen and oxygen atoms in total. The number of furan rings is 1. The van der Waals surface area contributed by atoms with Gasteiger partial charge >= 0.3 is 0 Å². The van der Waals surface area contributed by atoms with Crippen LogP contribution in [-0.2, 0) is 6.54 Å². The molecule has 0 bridgehead atoms. The summed E-state index contributed by atoms with van der Waals surface area (Å²) in [5, 5.41) is 8.18. The Morgan fingerprint density at radius 3 is 2.79 bits per heavy atom. The first kappa shape index (κ1) is 22.5. The van der Waals surface area contributed by atoms with Gasteiger partial charge in [0.1, 0.15) is 18.1 Å². The Balaban J connectivity index is 1.56. The quantitative estimate of drug-likeness (QED) is 0.415. The fraction of sp³-hybridized carbons (Fsp3) is 0.320. The van der Waals surface area contributed by atoms with Gasteiger partial charge in [-0.1, -0.05) is 12.1 Å². The molecule has 0 unspecified atom stereocenters. The van der Waals surface area contributed by atoms with Crippen LogP contribution in [0.25, 0.3) is 22.5 Å². The molecule has 172 valence electrons. The molecule has 4 rings (SSSR count). The largest absolute Gasteiger partial charge is 0.492 e. The van der Waals surface area contributed by atoms with Crippen LogP contribution in [0.15, 0.2) is 59.3 Å². The third kappa shape index (κ3) is 5.23. The Labute approximate surface area is 193 Å². The van der Waals surface area contributed by atoms with E-state index in [9.17, 15) is 4.79 Å². The molecule has 0 aliphatic rings. The molecule has 1 N–H and O–H groups in total. The first-order valence-electron chi connectivity index (χ1n) is 11.0. The third-order valence-corrected chi connectivity index (χ3v) is 5.23. The van der Waals surface area contributed by atoms with E-state index in [1.165, 1.54) is 0 Å². The van der Waals surface area contributed by atoms with Gasteiger partial charge in [0, 0.05) is 19.1 Å². The standard InChI is InChI=1S/C25H29N5O3/c1-17(2)30-24-21(16-27-30)20(14-22(28-24)23-9-6-11-33-23)25(31)26-15-18-7-5-8-19(13-18)32-12-10-29(3)4/h5-9,11,13-14,16-17H,10,12,15H2,1-4H3,(H,26,31). The van der Waals surface area contributed by atoms with Crippen molar-refractivity contribution < 1.29 is 13.9 Å². The van der Waals surface area contributed by atoms with E-state index in [1.54, 1.807) is 24.6 Å². The number of hydrogen-bond acceptors (Lipinski definition) is 6. The maximum atomic E-state index is 13.2. The molecule has 3 aromatic heterocycles. The molecule has 0 saturated carbocycles. The Kier molecular flexibility index (Phi) is 6.74. The highest BCUT2D eigenvalue weighted by Gasteiger charge is 2.19. The minimum atomic E-state index is -0.197. The zero-order valence-electron chi connectivity index (χ0n) is 19.4. The molecule has 0 radical (unpaired) electrons. The van der Waals surface area contributed by atoms with E-state index < -0.39 is 0 Å². The van der Waals surface area contributed by atoms with Gasteiger partial charge in [-0.05, 0) is 63.8 Å². The summed E-state index contributed by atoms with van der Waals surface area (Å²) in [6.07, 6.45) is 3.29. The molecule has 0 aliphatic heterocycles. The van der Waals surface area contributed by atoms with Crippen LogP contribution >= 0.6 is 0 Å². The van der Waals surface area contributed by atoms with E-state index in [0.29, 0.717) is 41.2 Å². The number of carbonyl (C=O) groups excluding carboxylic acids is 1. The fourth-order valence-electron chi connectivity index (χ4n) is 3.50. The molecular weight excluding hydrogens is 418 g/mol. The lowest BCUT2D eigenvalue weighted by atomic mass is 10.1. The SMILES string of the molecule is CC(C)n1ncc2c(C(=O)NCc3cccc(OCCN(C)C)c3)cc(-c3ccco3)nc21. The highest BCUT2D eigenvalue weighted by Crippen LogP contribution is 2.26. The molecule has 1 amide bonds. The lowest BCUT2D eigenvalue weighted by molar-refractivity contribution is 0.0952. The van der Waals surface area contributed by atoms with E-state index in [2.05, 4.69) is 15.3 Å². The molecule has 0 saturated heterocycles. The number of hydrogen-bond donors (Lipinski definition) is 1. The van der Waals surface area contributed by atoms with Gasteiger partial charge in [0.25, 0.3) is 5.91 Å². The van der Waals surface area contributed by atoms with Gasteiger partial charge in [0.15, 0.2) is 11.4 Å². The number of nitrogens with zero attached hydrogens (tertiary/aromatic N) is 4. The topological polar surface area (TPSA) is 85.4 Å². The molecule has 3 heterocycles. The van der Waals surface area contributed by atoms with Gasteiger partial charge in [-0.15, -0.1) is 0 Å². The first-order valence-corrected chi connectivity index (χ1v) is 11.0. The number of aromatic nitrogens is 3. The number of carbonyl (C=O) groups is 1. The van der Waals surface area contributed by atoms with Crippen LogP contribution in [0.2, 0.25) is 0 Å². The zero-order chi connectivity index (χ0) is 23.4. The van der Waals surface area contributed by atoms with Gasteiger partial charge in [-0.3, -0.25) is 4.79 Å². The number of ether oxygens (including phenoxy) is 1. The number of fused-ring (bicyclic) bond motifs is 1. The molecule has 8 heteroatoms. The average Bonchev–Trinajstić information content (AvgIpc) is 3.47. The van der Waals surface area contributed by atoms with Crippen molar-refractivity contribution in [2.24, 2.45) is 0 Å². The van der Waals surface area contributed by atoms with Crippen LogP contribution in [0.5, 0.6) is 5.75 Å². The van der Waals surface area contributed by atoms with Crippen molar-refractivity contribution in [3.05, 3.63) is 66.1 Å². The predicted octanol–water partition coefficient (Wildman–Crippen LogP) is 4.14. The number of likely N-dealkylation sites (N-methyl/N-ethyl adjacent to an activating group) is 1. The Morgan fingerprint density at radius 1 is 1.21 bits per heavy atom. The normalized spacial score (nSPS) is 11.5. The summed E-state index contributed by atoms with van der Waals surface area (Å²) < 4.78 is 13.1. The second kappa shape index (κ2) is 9.87. The molecule has 0 fully saturated rings. The summed E-state index contributed by atoms with van der Waals surface area (Å²) >= 11 is 0. The monoisotopic (exact) mass is 447 g/mol. The number of pyridine rings is 1. The van der Waals surface area contributed by atoms with Gasteiger partial charge in [0.2, 0.25) is 0 Å². The van der Waals surface area contributed by atoms with Crippen molar-refractivity contribution in [3.63, 3.8) is 0 Å². The summed E-state index contributed by atoms with van der Waals surface area (Å²) in [6, 6.07) is 13.2. The molecule has 0 aliphatic carbocycles. The minimum Gasteiger partial charge on any atom is -0.492 e. The van der Waals surface area contributed by atoms with Crippen LogP contribution in [0, 0.1) is 0 Å². The smallest absolute Gasteiger partial charge is 0.252 e. The number of amides is 1. The zero-order valence-corrected chi connectivity index (χ0v) is 19.4. The van der Waals surface area contributed by atoms with E-state index in [4.69, 9.17) is 14.1 Å². The maximum Gasteiger partial charge on any atom is 0.252 e. The van der Waals surface area contributed by atoms with Gasteiger partial charge in [-0.2, -0.15) is 5.10 Å². The molecule has 0 atom stereocenters. The van der Waals surface area contributed by atoms with Crippen LogP contribution in [-0.4, -0.2) is 52.8 Å². The minimum absolute atomic E-state index is 0.105. The lowest BCUT2D eigenvalue weighted by Crippen LogP contribution is -2.23. The van der Waals surface area contributed by atoms with Crippen LogP contribution in [0.3, 0.4) is 0 Å². The van der Waals surface area contributed by atoms with Crippen LogP contribution in [0.4, 0.5) is 0 Å². The van der Waals surface area contributed by atoms with Crippen molar-refractivity contribution in [2.75, 3.05) is 27.2 Å². The number of nitrogens with one attached hydrogen (secondary N) is 1. The van der Waals surface area contributed by atoms with E-state index in [-0.39, 0.29) is 11.9 Å². The first-order chi connectivity index (χ1) is 15.9. The number of rotatable bonds is 9. The van der Waals surface area contributed by atoms with Crippen molar-refractivity contribution >= 4 is 16.9 Å². The van der Waals surface area contributed by atoms with Crippen LogP contribution in [0.1, 0.15) is 35.8 Å². The molecule has 1 aromatic carbocycles. The molecule has 0 spiro atoms. The summed E-state index contributed by atoms with van der Waals surface area (Å²) in [7, 11) is 4.02. The second-order valence-electron chi connectivity index (χ2n) is 8.43. The number of benzene rings is 1. The van der Waals surface area contributed by atoms with Crippen LogP contribution < -0.4 is 10.1 Å². The summed E-state index contributed by atoms with van der Waals surface area (Å²) in [4.78, 5) is 20.0. The van der Waals surface area contributed by atoms with Gasteiger partial charge in [0.05, 0.1) is 23.4 Å². The third-order valence-electron chi connectivity index (χ3n) is 5.23. The van der Waals surface area contributed by atoms with Crippen molar-refractivity contribution in [3.8, 4) is 17.2 Å². The Morgan fingerprint density at radius 2 is 2.06 bits per heavy atom. The molecule has 4 aromatic rings. The van der Waals surface area contributed by atoms with Crippen molar-refractivity contribution in [1.82, 2.24) is 25.0 Å². The van der Waals surface area contributed by atoms with Crippen molar-refractivity contribution in [1.29, 1.82) is 0 Å². The maximum absolute atomic E-state index is 13.2. The highest BCUT2D eigenvalue weighted by atomic mass is 16.5.